The second kappa shape index (κ2) is 7.00. The van der Waals surface area contributed by atoms with Gasteiger partial charge >= 0.3 is 0 Å². The molecule has 0 aromatic heterocycles. The van der Waals surface area contributed by atoms with Gasteiger partial charge in [0, 0.05) is 18.1 Å². The topological polar surface area (TPSA) is 15.3 Å². The van der Waals surface area contributed by atoms with E-state index >= 15 is 0 Å². The van der Waals surface area contributed by atoms with Gasteiger partial charge in [-0.25, -0.2) is 0 Å². The first-order valence-electron chi connectivity index (χ1n) is 9.22. The van der Waals surface area contributed by atoms with E-state index in [1.54, 1.807) is 0 Å². The molecular formula is C19H38N2. The molecule has 0 aromatic rings. The van der Waals surface area contributed by atoms with E-state index < -0.39 is 0 Å². The summed E-state index contributed by atoms with van der Waals surface area (Å²) in [7, 11) is 4.56. The van der Waals surface area contributed by atoms with Crippen molar-refractivity contribution in [3.63, 3.8) is 0 Å². The molecule has 0 aromatic carbocycles. The summed E-state index contributed by atoms with van der Waals surface area (Å²) in [5.74, 6) is 1.82. The van der Waals surface area contributed by atoms with Crippen LogP contribution in [0.15, 0.2) is 0 Å². The van der Waals surface area contributed by atoms with Crippen LogP contribution < -0.4 is 5.32 Å². The molecule has 0 heterocycles. The van der Waals surface area contributed by atoms with Gasteiger partial charge in [-0.3, -0.25) is 4.90 Å². The maximum Gasteiger partial charge on any atom is 0.0251 e. The average molecular weight is 295 g/mol. The van der Waals surface area contributed by atoms with Gasteiger partial charge in [0.05, 0.1) is 0 Å². The van der Waals surface area contributed by atoms with E-state index in [2.05, 4.69) is 52.0 Å². The first-order valence-corrected chi connectivity index (χ1v) is 9.22. The van der Waals surface area contributed by atoms with Crippen molar-refractivity contribution in [2.24, 2.45) is 17.3 Å². The fourth-order valence-corrected chi connectivity index (χ4v) is 4.64. The minimum atomic E-state index is 0.457. The van der Waals surface area contributed by atoms with Crippen molar-refractivity contribution in [2.45, 2.75) is 90.8 Å². The third-order valence-corrected chi connectivity index (χ3v) is 6.50. The summed E-state index contributed by atoms with van der Waals surface area (Å²) < 4.78 is 0. The van der Waals surface area contributed by atoms with Crippen molar-refractivity contribution in [1.29, 1.82) is 0 Å². The smallest absolute Gasteiger partial charge is 0.0251 e. The molecule has 3 unspecified atom stereocenters. The summed E-state index contributed by atoms with van der Waals surface area (Å²) in [5.41, 5.74) is 0.457. The first kappa shape index (κ1) is 17.3. The van der Waals surface area contributed by atoms with Crippen LogP contribution in [-0.2, 0) is 0 Å². The Bertz CT molecular complexity index is 312. The van der Waals surface area contributed by atoms with Gasteiger partial charge in [-0.2, -0.15) is 0 Å². The van der Waals surface area contributed by atoms with Crippen LogP contribution >= 0.6 is 0 Å². The molecule has 1 N–H and O–H groups in total. The molecule has 2 aliphatic carbocycles. The van der Waals surface area contributed by atoms with Crippen LogP contribution in [0.2, 0.25) is 0 Å². The van der Waals surface area contributed by atoms with Gasteiger partial charge in [0.2, 0.25) is 0 Å². The van der Waals surface area contributed by atoms with Gasteiger partial charge in [0.25, 0.3) is 0 Å². The zero-order chi connectivity index (χ0) is 15.6. The van der Waals surface area contributed by atoms with Gasteiger partial charge in [0.1, 0.15) is 0 Å². The highest BCUT2D eigenvalue weighted by atomic mass is 15.2. The summed E-state index contributed by atoms with van der Waals surface area (Å²) in [6.07, 6.45) is 9.77. The lowest BCUT2D eigenvalue weighted by Crippen LogP contribution is -2.55. The molecule has 0 bridgehead atoms. The van der Waals surface area contributed by atoms with Crippen molar-refractivity contribution in [3.05, 3.63) is 0 Å². The second-order valence-electron chi connectivity index (χ2n) is 8.92. The van der Waals surface area contributed by atoms with Gasteiger partial charge in [-0.1, -0.05) is 27.7 Å². The number of hydrogen-bond donors (Lipinski definition) is 1. The normalized spacial score (nSPS) is 38.7. The van der Waals surface area contributed by atoms with E-state index in [-0.39, 0.29) is 0 Å². The average Bonchev–Trinajstić information content (AvgIpc) is 2.45. The molecule has 124 valence electrons. The van der Waals surface area contributed by atoms with Crippen molar-refractivity contribution in [2.75, 3.05) is 14.1 Å². The first-order chi connectivity index (χ1) is 9.82. The molecule has 2 nitrogen and oxygen atoms in total. The Hall–Kier alpha value is -0.0800. The van der Waals surface area contributed by atoms with Gasteiger partial charge in [-0.15, -0.1) is 0 Å². The monoisotopic (exact) mass is 294 g/mol. The zero-order valence-electron chi connectivity index (χ0n) is 15.3. The lowest BCUT2D eigenvalue weighted by Gasteiger charge is -2.48. The summed E-state index contributed by atoms with van der Waals surface area (Å²) in [5, 5.41) is 3.61. The van der Waals surface area contributed by atoms with Crippen LogP contribution in [-0.4, -0.2) is 37.1 Å². The predicted octanol–water partition coefficient (Wildman–Crippen LogP) is 4.30. The molecule has 21 heavy (non-hydrogen) atoms. The molecule has 0 amide bonds. The van der Waals surface area contributed by atoms with E-state index in [1.165, 1.54) is 44.9 Å². The van der Waals surface area contributed by atoms with Crippen LogP contribution in [0.1, 0.15) is 72.6 Å². The number of nitrogens with one attached hydrogen (secondary N) is 1. The molecule has 2 fully saturated rings. The third kappa shape index (κ3) is 4.22. The van der Waals surface area contributed by atoms with E-state index in [0.717, 1.165) is 23.9 Å². The van der Waals surface area contributed by atoms with Crippen molar-refractivity contribution >= 4 is 0 Å². The molecule has 2 heteroatoms. The Morgan fingerprint density at radius 3 is 2.10 bits per heavy atom. The number of nitrogens with zero attached hydrogens (tertiary/aromatic N) is 1. The van der Waals surface area contributed by atoms with Crippen LogP contribution in [0, 0.1) is 17.3 Å². The Balaban J connectivity index is 2.02. The molecule has 3 atom stereocenters. The Kier molecular flexibility index (Phi) is 5.76. The summed E-state index contributed by atoms with van der Waals surface area (Å²) in [6.45, 7) is 9.70. The molecule has 0 aliphatic heterocycles. The highest BCUT2D eigenvalue weighted by molar-refractivity contribution is 4.95. The zero-order valence-corrected chi connectivity index (χ0v) is 15.3. The third-order valence-electron chi connectivity index (χ3n) is 6.50. The molecular weight excluding hydrogens is 256 g/mol. The van der Waals surface area contributed by atoms with Crippen LogP contribution in [0.5, 0.6) is 0 Å². The van der Waals surface area contributed by atoms with Gasteiger partial charge in [-0.05, 0) is 76.3 Å². The lowest BCUT2D eigenvalue weighted by atomic mass is 9.69. The summed E-state index contributed by atoms with van der Waals surface area (Å²) >= 11 is 0. The molecule has 0 saturated heterocycles. The standard InChI is InChI=1S/C19H38N2/c1-14-7-10-16(11-8-14)21(6)18-13-15(19(2,3)4)9-12-17(18)20-5/h14-18,20H,7-13H2,1-6H3. The summed E-state index contributed by atoms with van der Waals surface area (Å²) in [6, 6.07) is 2.24. The van der Waals surface area contributed by atoms with Crippen molar-refractivity contribution < 1.29 is 0 Å². The van der Waals surface area contributed by atoms with Gasteiger partial charge < -0.3 is 5.32 Å². The minimum absolute atomic E-state index is 0.457. The molecule has 2 rings (SSSR count). The van der Waals surface area contributed by atoms with Gasteiger partial charge in [0.15, 0.2) is 0 Å². The predicted molar refractivity (Wildman–Crippen MR) is 92.6 cm³/mol. The fraction of sp³-hybridized carbons (Fsp3) is 1.00. The van der Waals surface area contributed by atoms with Crippen LogP contribution in [0.4, 0.5) is 0 Å². The fourth-order valence-electron chi connectivity index (χ4n) is 4.64. The maximum atomic E-state index is 3.61. The Labute approximate surface area is 133 Å². The number of hydrogen-bond acceptors (Lipinski definition) is 2. The van der Waals surface area contributed by atoms with Crippen molar-refractivity contribution in [1.82, 2.24) is 10.2 Å². The highest BCUT2D eigenvalue weighted by Crippen LogP contribution is 2.40. The van der Waals surface area contributed by atoms with Crippen LogP contribution in [0.3, 0.4) is 0 Å². The summed E-state index contributed by atoms with van der Waals surface area (Å²) in [4.78, 5) is 2.75. The minimum Gasteiger partial charge on any atom is -0.315 e. The highest BCUT2D eigenvalue weighted by Gasteiger charge is 2.39. The number of rotatable bonds is 3. The van der Waals surface area contributed by atoms with E-state index in [4.69, 9.17) is 0 Å². The molecule has 2 saturated carbocycles. The molecule has 0 spiro atoms. The Morgan fingerprint density at radius 2 is 1.57 bits per heavy atom. The van der Waals surface area contributed by atoms with E-state index in [0.29, 0.717) is 11.5 Å². The molecule has 2 aliphatic rings. The Morgan fingerprint density at radius 1 is 0.952 bits per heavy atom. The van der Waals surface area contributed by atoms with Crippen LogP contribution in [0.25, 0.3) is 0 Å². The van der Waals surface area contributed by atoms with Crippen molar-refractivity contribution in [3.8, 4) is 0 Å². The number of likely N-dealkylation sites (N-methyl/N-ethyl adjacent to an activating group) is 2. The van der Waals surface area contributed by atoms with E-state index in [9.17, 15) is 0 Å². The largest absolute Gasteiger partial charge is 0.315 e. The van der Waals surface area contributed by atoms with E-state index in [1.807, 2.05) is 0 Å². The SMILES string of the molecule is CNC1CCC(C(C)(C)C)CC1N(C)C1CCC(C)CC1. The molecule has 0 radical (unpaired) electrons. The maximum absolute atomic E-state index is 3.61. The second-order valence-corrected chi connectivity index (χ2v) is 8.92. The lowest BCUT2D eigenvalue weighted by molar-refractivity contribution is 0.0371. The quantitative estimate of drug-likeness (QED) is 0.835.